The van der Waals surface area contributed by atoms with E-state index in [1.54, 1.807) is 26.4 Å². The van der Waals surface area contributed by atoms with Gasteiger partial charge in [0.05, 0.1) is 28.9 Å². The summed E-state index contributed by atoms with van der Waals surface area (Å²) in [4.78, 5) is 27.5. The number of thiazole rings is 1. The number of fused-ring (bicyclic) bond motifs is 1. The van der Waals surface area contributed by atoms with Crippen molar-refractivity contribution in [2.24, 2.45) is 4.99 Å². The highest BCUT2D eigenvalue weighted by atomic mass is 32.1. The van der Waals surface area contributed by atoms with Crippen molar-refractivity contribution in [1.82, 2.24) is 4.57 Å². The van der Waals surface area contributed by atoms with Crippen LogP contribution in [0.1, 0.15) is 5.56 Å². The number of benzene rings is 2. The Labute approximate surface area is 170 Å². The lowest BCUT2D eigenvalue weighted by Crippen LogP contribution is -2.18. The van der Waals surface area contributed by atoms with Crippen LogP contribution in [0, 0.1) is 10.1 Å². The van der Waals surface area contributed by atoms with Gasteiger partial charge in [-0.05, 0) is 29.8 Å². The Bertz CT molecular complexity index is 1150. The van der Waals surface area contributed by atoms with Gasteiger partial charge in [0.1, 0.15) is 5.75 Å². The van der Waals surface area contributed by atoms with Crippen molar-refractivity contribution in [3.63, 3.8) is 0 Å². The highest BCUT2D eigenvalue weighted by Gasteiger charge is 2.09. The average molecular weight is 413 g/mol. The number of nitro groups is 1. The molecule has 0 fully saturated rings. The smallest absolute Gasteiger partial charge is 0.272 e. The van der Waals surface area contributed by atoms with Gasteiger partial charge in [-0.15, -0.1) is 0 Å². The van der Waals surface area contributed by atoms with E-state index in [0.29, 0.717) is 23.5 Å². The monoisotopic (exact) mass is 413 g/mol. The van der Waals surface area contributed by atoms with E-state index in [2.05, 4.69) is 4.99 Å². The molecule has 1 aromatic heterocycles. The first kappa shape index (κ1) is 20.4. The summed E-state index contributed by atoms with van der Waals surface area (Å²) in [6.45, 7) is 1.02. The summed E-state index contributed by atoms with van der Waals surface area (Å²) in [5, 5.41) is 10.9. The number of hydrogen-bond donors (Lipinski definition) is 0. The molecule has 9 heteroatoms. The van der Waals surface area contributed by atoms with Crippen molar-refractivity contribution in [3.8, 4) is 5.75 Å². The molecule has 0 N–H and O–H groups in total. The van der Waals surface area contributed by atoms with Gasteiger partial charge in [-0.25, -0.2) is 0 Å². The minimum Gasteiger partial charge on any atom is -0.497 e. The number of aromatic nitrogens is 1. The molecule has 3 aromatic rings. The predicted molar refractivity (Wildman–Crippen MR) is 111 cm³/mol. The van der Waals surface area contributed by atoms with Crippen LogP contribution in [-0.2, 0) is 16.1 Å². The summed E-state index contributed by atoms with van der Waals surface area (Å²) >= 11 is 1.38. The first-order valence-corrected chi connectivity index (χ1v) is 9.51. The molecule has 29 heavy (non-hydrogen) atoms. The van der Waals surface area contributed by atoms with Crippen LogP contribution >= 0.6 is 11.3 Å². The number of carbonyl (C=O) groups excluding carboxylic acids is 1. The maximum Gasteiger partial charge on any atom is 0.272 e. The largest absolute Gasteiger partial charge is 0.497 e. The fourth-order valence-corrected chi connectivity index (χ4v) is 3.80. The van der Waals surface area contributed by atoms with Crippen molar-refractivity contribution in [2.75, 3.05) is 20.8 Å². The predicted octanol–water partition coefficient (Wildman–Crippen LogP) is 3.41. The van der Waals surface area contributed by atoms with E-state index >= 15 is 0 Å². The van der Waals surface area contributed by atoms with Gasteiger partial charge in [-0.3, -0.25) is 14.9 Å². The maximum atomic E-state index is 12.4. The average Bonchev–Trinajstić information content (AvgIpc) is 3.06. The Kier molecular flexibility index (Phi) is 6.53. The van der Waals surface area contributed by atoms with E-state index in [9.17, 15) is 14.9 Å². The Hall–Kier alpha value is -3.30. The van der Waals surface area contributed by atoms with Gasteiger partial charge in [0.2, 0.25) is 0 Å². The molecule has 0 spiro atoms. The third kappa shape index (κ3) is 4.95. The van der Waals surface area contributed by atoms with Crippen LogP contribution in [0.2, 0.25) is 0 Å². The molecule has 1 heterocycles. The third-order valence-electron chi connectivity index (χ3n) is 4.11. The molecule has 8 nitrogen and oxygen atoms in total. The van der Waals surface area contributed by atoms with E-state index < -0.39 is 10.8 Å². The topological polar surface area (TPSA) is 96.0 Å². The molecular formula is C20H19N3O5S. The van der Waals surface area contributed by atoms with Crippen molar-refractivity contribution < 1.29 is 19.2 Å². The molecule has 0 aliphatic heterocycles. The van der Waals surface area contributed by atoms with Gasteiger partial charge in [-0.2, -0.15) is 4.99 Å². The number of amides is 1. The molecule has 0 saturated carbocycles. The van der Waals surface area contributed by atoms with Gasteiger partial charge in [-0.1, -0.05) is 23.5 Å². The Balaban J connectivity index is 1.94. The third-order valence-corrected chi connectivity index (χ3v) is 5.16. The Morgan fingerprint density at radius 3 is 2.83 bits per heavy atom. The molecule has 0 radical (unpaired) electrons. The summed E-state index contributed by atoms with van der Waals surface area (Å²) in [6, 6.07) is 11.7. The highest BCUT2D eigenvalue weighted by molar-refractivity contribution is 7.16. The van der Waals surface area contributed by atoms with Crippen LogP contribution < -0.4 is 9.54 Å². The zero-order chi connectivity index (χ0) is 20.8. The number of carbonyl (C=O) groups is 1. The van der Waals surface area contributed by atoms with E-state index in [1.165, 1.54) is 35.6 Å². The SMILES string of the molecule is COCCn1c(=NC(=O)C=Cc2cccc([N+](=O)[O-])c2)sc2cc(OC)ccc21. The van der Waals surface area contributed by atoms with Gasteiger partial charge in [0, 0.05) is 31.9 Å². The molecule has 2 aromatic carbocycles. The number of nitrogens with zero attached hydrogens (tertiary/aromatic N) is 3. The Morgan fingerprint density at radius 1 is 1.28 bits per heavy atom. The van der Waals surface area contributed by atoms with Crippen molar-refractivity contribution >= 4 is 39.2 Å². The normalized spacial score (nSPS) is 12.0. The van der Waals surface area contributed by atoms with Crippen molar-refractivity contribution in [1.29, 1.82) is 0 Å². The van der Waals surface area contributed by atoms with Crippen LogP contribution in [0.3, 0.4) is 0 Å². The maximum absolute atomic E-state index is 12.4. The van der Waals surface area contributed by atoms with Crippen LogP contribution in [0.15, 0.2) is 53.5 Å². The lowest BCUT2D eigenvalue weighted by molar-refractivity contribution is -0.384. The fraction of sp³-hybridized carbons (Fsp3) is 0.200. The second-order valence-electron chi connectivity index (χ2n) is 6.00. The molecule has 0 atom stereocenters. The zero-order valence-electron chi connectivity index (χ0n) is 15.9. The van der Waals surface area contributed by atoms with E-state index in [1.807, 2.05) is 22.8 Å². The van der Waals surface area contributed by atoms with Crippen molar-refractivity contribution in [2.45, 2.75) is 6.54 Å². The summed E-state index contributed by atoms with van der Waals surface area (Å²) < 4.78 is 13.3. The number of nitro benzene ring substituents is 1. The molecule has 150 valence electrons. The van der Waals surface area contributed by atoms with Crippen LogP contribution in [0.4, 0.5) is 5.69 Å². The number of ether oxygens (including phenoxy) is 2. The molecule has 0 aliphatic rings. The number of methoxy groups -OCH3 is 2. The molecule has 0 aliphatic carbocycles. The summed E-state index contributed by atoms with van der Waals surface area (Å²) in [5.41, 5.74) is 1.45. The van der Waals surface area contributed by atoms with Crippen LogP contribution in [0.25, 0.3) is 16.3 Å². The number of hydrogen-bond acceptors (Lipinski definition) is 6. The Morgan fingerprint density at radius 2 is 2.10 bits per heavy atom. The highest BCUT2D eigenvalue weighted by Crippen LogP contribution is 2.23. The molecular weight excluding hydrogens is 394 g/mol. The fourth-order valence-electron chi connectivity index (χ4n) is 2.71. The van der Waals surface area contributed by atoms with Crippen molar-refractivity contribution in [3.05, 3.63) is 69.0 Å². The van der Waals surface area contributed by atoms with Gasteiger partial charge in [0.25, 0.3) is 11.6 Å². The van der Waals surface area contributed by atoms with Gasteiger partial charge in [0.15, 0.2) is 4.80 Å². The first-order valence-electron chi connectivity index (χ1n) is 8.69. The first-order chi connectivity index (χ1) is 14.0. The number of non-ortho nitro benzene ring substituents is 1. The standard InChI is InChI=1S/C20H19N3O5S/c1-27-11-10-22-17-8-7-16(28-2)13-18(17)29-20(22)21-19(24)9-6-14-4-3-5-15(12-14)23(25)26/h3-9,12-13H,10-11H2,1-2H3. The lowest BCUT2D eigenvalue weighted by atomic mass is 10.2. The lowest BCUT2D eigenvalue weighted by Gasteiger charge is -2.04. The second-order valence-corrected chi connectivity index (χ2v) is 7.01. The summed E-state index contributed by atoms with van der Waals surface area (Å²) in [5.74, 6) is 0.266. The molecule has 0 saturated heterocycles. The molecule has 0 bridgehead atoms. The quantitative estimate of drug-likeness (QED) is 0.336. The molecule has 0 unspecified atom stereocenters. The zero-order valence-corrected chi connectivity index (χ0v) is 16.7. The molecule has 1 amide bonds. The van der Waals surface area contributed by atoms with Gasteiger partial charge < -0.3 is 14.0 Å². The second kappa shape index (κ2) is 9.26. The van der Waals surface area contributed by atoms with E-state index in [0.717, 1.165) is 16.0 Å². The summed E-state index contributed by atoms with van der Waals surface area (Å²) in [7, 11) is 3.21. The van der Waals surface area contributed by atoms with E-state index in [4.69, 9.17) is 9.47 Å². The van der Waals surface area contributed by atoms with Crippen LogP contribution in [0.5, 0.6) is 5.75 Å². The minimum atomic E-state index is -0.478. The number of rotatable bonds is 7. The summed E-state index contributed by atoms with van der Waals surface area (Å²) in [6.07, 6.45) is 2.80. The van der Waals surface area contributed by atoms with Crippen LogP contribution in [-0.4, -0.2) is 36.2 Å². The molecule has 3 rings (SSSR count). The minimum absolute atomic E-state index is 0.0348. The van der Waals surface area contributed by atoms with E-state index in [-0.39, 0.29) is 5.69 Å². The van der Waals surface area contributed by atoms with Gasteiger partial charge >= 0.3 is 0 Å².